The largest absolute Gasteiger partial charge is 0.497 e. The summed E-state index contributed by atoms with van der Waals surface area (Å²) in [6.45, 7) is 2.31. The van der Waals surface area contributed by atoms with Gasteiger partial charge < -0.3 is 14.8 Å². The van der Waals surface area contributed by atoms with Crippen LogP contribution in [0.5, 0.6) is 17.2 Å². The van der Waals surface area contributed by atoms with Crippen LogP contribution in [0.3, 0.4) is 0 Å². The van der Waals surface area contributed by atoms with Crippen LogP contribution in [0, 0.1) is 17.0 Å². The molecule has 0 aliphatic rings. The maximum atomic E-state index is 12.3. The summed E-state index contributed by atoms with van der Waals surface area (Å²) in [5.74, 6) is 1.10. The molecule has 0 aliphatic carbocycles. The number of anilines is 1. The van der Waals surface area contributed by atoms with Crippen molar-refractivity contribution in [1.82, 2.24) is 9.78 Å². The summed E-state index contributed by atoms with van der Waals surface area (Å²) in [5, 5.41) is 18.1. The second-order valence-electron chi connectivity index (χ2n) is 6.24. The van der Waals surface area contributed by atoms with Gasteiger partial charge in [-0.1, -0.05) is 0 Å². The Morgan fingerprint density at radius 3 is 2.48 bits per heavy atom. The minimum atomic E-state index is -0.538. The van der Waals surface area contributed by atoms with Crippen molar-refractivity contribution in [2.75, 3.05) is 12.4 Å². The number of aromatic nitrogens is 2. The van der Waals surface area contributed by atoms with E-state index in [4.69, 9.17) is 9.47 Å². The number of amides is 1. The summed E-state index contributed by atoms with van der Waals surface area (Å²) in [6, 6.07) is 12.8. The van der Waals surface area contributed by atoms with Crippen molar-refractivity contribution in [2.24, 2.45) is 0 Å². The highest BCUT2D eigenvalue weighted by atomic mass is 16.6. The van der Waals surface area contributed by atoms with E-state index < -0.39 is 4.92 Å². The second-order valence-corrected chi connectivity index (χ2v) is 6.24. The monoisotopic (exact) mass is 396 g/mol. The van der Waals surface area contributed by atoms with E-state index in [-0.39, 0.29) is 29.5 Å². The van der Waals surface area contributed by atoms with Crippen LogP contribution in [-0.4, -0.2) is 27.7 Å². The fraction of sp³-hybridized carbons (Fsp3) is 0.200. The number of hydrogen-bond acceptors (Lipinski definition) is 6. The van der Waals surface area contributed by atoms with Crippen LogP contribution in [0.2, 0.25) is 0 Å². The van der Waals surface area contributed by atoms with E-state index in [0.29, 0.717) is 18.0 Å². The highest BCUT2D eigenvalue weighted by Gasteiger charge is 2.13. The van der Waals surface area contributed by atoms with E-state index >= 15 is 0 Å². The highest BCUT2D eigenvalue weighted by Crippen LogP contribution is 2.30. The molecule has 0 saturated carbocycles. The zero-order chi connectivity index (χ0) is 20.8. The number of benzene rings is 2. The molecule has 2 aromatic carbocycles. The quantitative estimate of drug-likeness (QED) is 0.456. The van der Waals surface area contributed by atoms with Gasteiger partial charge in [-0.2, -0.15) is 5.10 Å². The maximum Gasteiger partial charge on any atom is 0.275 e. The highest BCUT2D eigenvalue weighted by molar-refractivity contribution is 5.91. The molecule has 0 saturated heterocycles. The number of nitrogens with one attached hydrogen (secondary N) is 1. The molecule has 150 valence electrons. The third kappa shape index (κ3) is 5.32. The summed E-state index contributed by atoms with van der Waals surface area (Å²) >= 11 is 0. The fourth-order valence-electron chi connectivity index (χ4n) is 2.66. The summed E-state index contributed by atoms with van der Waals surface area (Å²) in [6.07, 6.45) is 1.84. The lowest BCUT2D eigenvalue weighted by molar-refractivity contribution is -0.384. The number of rotatable bonds is 8. The van der Waals surface area contributed by atoms with Crippen molar-refractivity contribution in [3.63, 3.8) is 0 Å². The number of hydrogen-bond donors (Lipinski definition) is 1. The smallest absolute Gasteiger partial charge is 0.275 e. The van der Waals surface area contributed by atoms with Crippen molar-refractivity contribution >= 4 is 17.3 Å². The lowest BCUT2D eigenvalue weighted by Crippen LogP contribution is -2.15. The van der Waals surface area contributed by atoms with Crippen LogP contribution < -0.4 is 14.8 Å². The number of carbonyl (C=O) groups is 1. The second kappa shape index (κ2) is 8.87. The molecule has 9 nitrogen and oxygen atoms in total. The average molecular weight is 396 g/mol. The molecule has 0 fully saturated rings. The van der Waals surface area contributed by atoms with E-state index in [0.717, 1.165) is 5.69 Å². The third-order valence-corrected chi connectivity index (χ3v) is 4.16. The SMILES string of the molecule is COc1ccc(Oc2cc(NC(=O)CCn3nccc3C)cc([N+](=O)[O-])c2)cc1. The molecule has 0 atom stereocenters. The van der Waals surface area contributed by atoms with E-state index in [2.05, 4.69) is 10.4 Å². The number of methoxy groups -OCH3 is 1. The molecule has 1 heterocycles. The van der Waals surface area contributed by atoms with E-state index in [1.54, 1.807) is 42.3 Å². The Bertz CT molecular complexity index is 1010. The fourth-order valence-corrected chi connectivity index (χ4v) is 2.66. The topological polar surface area (TPSA) is 109 Å². The lowest BCUT2D eigenvalue weighted by Gasteiger charge is -2.10. The number of nitro groups is 1. The summed E-state index contributed by atoms with van der Waals surface area (Å²) < 4.78 is 12.5. The summed E-state index contributed by atoms with van der Waals surface area (Å²) in [7, 11) is 1.55. The third-order valence-electron chi connectivity index (χ3n) is 4.16. The van der Waals surface area contributed by atoms with Gasteiger partial charge in [0.05, 0.1) is 23.8 Å². The Morgan fingerprint density at radius 2 is 1.86 bits per heavy atom. The molecule has 3 aromatic rings. The van der Waals surface area contributed by atoms with Gasteiger partial charge in [0.2, 0.25) is 5.91 Å². The Kier molecular flexibility index (Phi) is 6.08. The average Bonchev–Trinajstić information content (AvgIpc) is 3.11. The van der Waals surface area contributed by atoms with Gasteiger partial charge in [0.1, 0.15) is 17.2 Å². The van der Waals surface area contributed by atoms with E-state index in [9.17, 15) is 14.9 Å². The first-order valence-electron chi connectivity index (χ1n) is 8.84. The molecule has 0 aliphatic heterocycles. The number of aryl methyl sites for hydroxylation is 2. The summed E-state index contributed by atoms with van der Waals surface area (Å²) in [4.78, 5) is 23.0. The number of carbonyl (C=O) groups excluding carboxylic acids is 1. The predicted octanol–water partition coefficient (Wildman–Crippen LogP) is 3.93. The van der Waals surface area contributed by atoms with Crippen LogP contribution in [0.15, 0.2) is 54.7 Å². The van der Waals surface area contributed by atoms with Crippen LogP contribution in [0.25, 0.3) is 0 Å². The van der Waals surface area contributed by atoms with Crippen LogP contribution in [0.1, 0.15) is 12.1 Å². The molecule has 9 heteroatoms. The zero-order valence-corrected chi connectivity index (χ0v) is 16.0. The minimum Gasteiger partial charge on any atom is -0.497 e. The first-order chi connectivity index (χ1) is 13.9. The van der Waals surface area contributed by atoms with Crippen LogP contribution in [0.4, 0.5) is 11.4 Å². The molecule has 1 N–H and O–H groups in total. The predicted molar refractivity (Wildman–Crippen MR) is 106 cm³/mol. The zero-order valence-electron chi connectivity index (χ0n) is 16.0. The Morgan fingerprint density at radius 1 is 1.14 bits per heavy atom. The first kappa shape index (κ1) is 19.9. The van der Waals surface area contributed by atoms with Gasteiger partial charge >= 0.3 is 0 Å². The van der Waals surface area contributed by atoms with Gasteiger partial charge in [0, 0.05) is 37.0 Å². The maximum absolute atomic E-state index is 12.3. The van der Waals surface area contributed by atoms with Gasteiger partial charge in [-0.05, 0) is 37.3 Å². The van der Waals surface area contributed by atoms with Crippen molar-refractivity contribution in [3.8, 4) is 17.2 Å². The van der Waals surface area contributed by atoms with Crippen molar-refractivity contribution in [2.45, 2.75) is 19.9 Å². The molecule has 3 rings (SSSR count). The van der Waals surface area contributed by atoms with Crippen molar-refractivity contribution in [1.29, 1.82) is 0 Å². The van der Waals surface area contributed by atoms with Crippen molar-refractivity contribution in [3.05, 3.63) is 70.5 Å². The molecule has 29 heavy (non-hydrogen) atoms. The normalized spacial score (nSPS) is 10.4. The number of non-ortho nitro benzene ring substituents is 1. The number of nitro benzene ring substituents is 1. The molecule has 1 amide bonds. The van der Waals surface area contributed by atoms with Crippen LogP contribution >= 0.6 is 0 Å². The van der Waals surface area contributed by atoms with Gasteiger partial charge in [-0.3, -0.25) is 19.6 Å². The van der Waals surface area contributed by atoms with Crippen molar-refractivity contribution < 1.29 is 19.2 Å². The molecule has 0 radical (unpaired) electrons. The Labute approximate surface area is 167 Å². The van der Waals surface area contributed by atoms with E-state index in [1.807, 2.05) is 13.0 Å². The van der Waals surface area contributed by atoms with Gasteiger partial charge in [-0.25, -0.2) is 0 Å². The molecular weight excluding hydrogens is 376 g/mol. The number of ether oxygens (including phenoxy) is 2. The minimum absolute atomic E-state index is 0.180. The molecule has 0 spiro atoms. The standard InChI is InChI=1S/C20H20N4O5/c1-14-7-9-21-23(14)10-8-20(25)22-15-11-16(24(26)27)13-19(12-15)29-18-5-3-17(28-2)4-6-18/h3-7,9,11-13H,8,10H2,1-2H3,(H,22,25). The Balaban J connectivity index is 1.72. The molecule has 0 unspecified atom stereocenters. The van der Waals surface area contributed by atoms with Gasteiger partial charge in [0.15, 0.2) is 0 Å². The first-order valence-corrected chi connectivity index (χ1v) is 8.84. The van der Waals surface area contributed by atoms with E-state index in [1.165, 1.54) is 18.2 Å². The number of nitrogens with zero attached hydrogens (tertiary/aromatic N) is 3. The van der Waals surface area contributed by atoms with Gasteiger partial charge in [0.25, 0.3) is 5.69 Å². The van der Waals surface area contributed by atoms with Gasteiger partial charge in [-0.15, -0.1) is 0 Å². The Hall–Kier alpha value is -3.88. The molecule has 1 aromatic heterocycles. The van der Waals surface area contributed by atoms with Crippen LogP contribution in [-0.2, 0) is 11.3 Å². The lowest BCUT2D eigenvalue weighted by atomic mass is 10.2. The summed E-state index contributed by atoms with van der Waals surface area (Å²) in [5.41, 5.74) is 1.04. The molecular formula is C20H20N4O5. The molecule has 0 bridgehead atoms.